The van der Waals surface area contributed by atoms with Crippen LogP contribution in [0.3, 0.4) is 0 Å². The van der Waals surface area contributed by atoms with Crippen molar-refractivity contribution >= 4 is 11.5 Å². The van der Waals surface area contributed by atoms with Gasteiger partial charge in [-0.05, 0) is 29.7 Å². The van der Waals surface area contributed by atoms with Gasteiger partial charge < -0.3 is 14.6 Å². The van der Waals surface area contributed by atoms with Crippen molar-refractivity contribution in [3.63, 3.8) is 0 Å². The number of ether oxygens (including phenoxy) is 2. The number of benzene rings is 1. The Morgan fingerprint density at radius 2 is 2.12 bits per heavy atom. The van der Waals surface area contributed by atoms with Crippen molar-refractivity contribution in [1.82, 2.24) is 0 Å². The van der Waals surface area contributed by atoms with Crippen LogP contribution in [0.2, 0.25) is 0 Å². The highest BCUT2D eigenvalue weighted by Gasteiger charge is 2.36. The van der Waals surface area contributed by atoms with E-state index in [1.54, 1.807) is 7.11 Å². The van der Waals surface area contributed by atoms with Crippen LogP contribution in [0.15, 0.2) is 54.6 Å². The summed E-state index contributed by atoms with van der Waals surface area (Å²) in [5.41, 5.74) is 1.33. The lowest BCUT2D eigenvalue weighted by molar-refractivity contribution is -0.146. The summed E-state index contributed by atoms with van der Waals surface area (Å²) in [6.45, 7) is 1.94. The van der Waals surface area contributed by atoms with Gasteiger partial charge in [0.25, 0.3) is 0 Å². The molecule has 2 atom stereocenters. The molecule has 0 amide bonds. The summed E-state index contributed by atoms with van der Waals surface area (Å²) in [6, 6.07) is 7.57. The third-order valence-corrected chi connectivity index (χ3v) is 4.46. The summed E-state index contributed by atoms with van der Waals surface area (Å²) < 4.78 is 10.2. The van der Waals surface area contributed by atoms with Gasteiger partial charge in [0.05, 0.1) is 26.7 Å². The second-order valence-electron chi connectivity index (χ2n) is 6.07. The fourth-order valence-corrected chi connectivity index (χ4v) is 2.88. The van der Waals surface area contributed by atoms with Gasteiger partial charge in [-0.2, -0.15) is 0 Å². The first-order valence-corrected chi connectivity index (χ1v) is 7.92. The molecule has 2 unspecified atom stereocenters. The van der Waals surface area contributed by atoms with Crippen molar-refractivity contribution in [3.05, 3.63) is 60.2 Å². The molecule has 1 aliphatic rings. The van der Waals surface area contributed by atoms with Gasteiger partial charge in [-0.25, -0.2) is 0 Å². The number of allylic oxidation sites excluding steroid dienone is 4. The van der Waals surface area contributed by atoms with Crippen LogP contribution in [-0.4, -0.2) is 31.9 Å². The van der Waals surface area contributed by atoms with Gasteiger partial charge in [0.1, 0.15) is 5.75 Å². The molecule has 0 spiro atoms. The third-order valence-electron chi connectivity index (χ3n) is 4.46. The first-order valence-electron chi connectivity index (χ1n) is 7.92. The standard InChI is InChI=1S/C20H24O4/c1-20(11-5-4-9-18(20)19(22)24-3)12-10-16(14-21)15-7-6-8-17(13-15)23-2/h4-11,13,18,21H,12,14H2,1-3H3/b16-10+. The smallest absolute Gasteiger partial charge is 0.313 e. The summed E-state index contributed by atoms with van der Waals surface area (Å²) >= 11 is 0. The molecule has 4 heteroatoms. The molecule has 128 valence electrons. The van der Waals surface area contributed by atoms with E-state index in [0.29, 0.717) is 6.42 Å². The van der Waals surface area contributed by atoms with E-state index in [0.717, 1.165) is 16.9 Å². The topological polar surface area (TPSA) is 55.8 Å². The summed E-state index contributed by atoms with van der Waals surface area (Å²) in [7, 11) is 3.02. The molecule has 0 bridgehead atoms. The summed E-state index contributed by atoms with van der Waals surface area (Å²) in [5.74, 6) is 0.151. The lowest BCUT2D eigenvalue weighted by Crippen LogP contribution is -2.32. The van der Waals surface area contributed by atoms with Crippen LogP contribution in [0.1, 0.15) is 18.9 Å². The zero-order valence-electron chi connectivity index (χ0n) is 14.4. The Balaban J connectivity index is 2.26. The van der Waals surface area contributed by atoms with Gasteiger partial charge in [0.2, 0.25) is 0 Å². The Bertz CT molecular complexity index is 672. The van der Waals surface area contributed by atoms with Crippen molar-refractivity contribution in [2.45, 2.75) is 13.3 Å². The number of aliphatic hydroxyl groups is 1. The second kappa shape index (κ2) is 7.97. The molecule has 1 aromatic rings. The molecule has 1 N–H and O–H groups in total. The summed E-state index contributed by atoms with van der Waals surface area (Å²) in [4.78, 5) is 12.1. The molecular weight excluding hydrogens is 304 g/mol. The molecule has 4 nitrogen and oxygen atoms in total. The Kier molecular flexibility index (Phi) is 5.99. The maximum Gasteiger partial charge on any atom is 0.313 e. The monoisotopic (exact) mass is 328 g/mol. The number of hydrogen-bond acceptors (Lipinski definition) is 4. The number of methoxy groups -OCH3 is 2. The minimum absolute atomic E-state index is 0.0777. The lowest BCUT2D eigenvalue weighted by Gasteiger charge is -2.32. The highest BCUT2D eigenvalue weighted by Crippen LogP contribution is 2.38. The molecule has 24 heavy (non-hydrogen) atoms. The number of esters is 1. The maximum absolute atomic E-state index is 12.1. The Labute approximate surface area is 143 Å². The van der Waals surface area contributed by atoms with Crippen LogP contribution in [0.5, 0.6) is 5.75 Å². The second-order valence-corrected chi connectivity index (χ2v) is 6.07. The van der Waals surface area contributed by atoms with Gasteiger partial charge >= 0.3 is 5.97 Å². The van der Waals surface area contributed by atoms with Crippen molar-refractivity contribution in [3.8, 4) is 5.75 Å². The van der Waals surface area contributed by atoms with Crippen molar-refractivity contribution in [1.29, 1.82) is 0 Å². The largest absolute Gasteiger partial charge is 0.497 e. The Morgan fingerprint density at radius 1 is 1.33 bits per heavy atom. The number of aliphatic hydroxyl groups excluding tert-OH is 1. The number of carbonyl (C=O) groups is 1. The first-order chi connectivity index (χ1) is 11.5. The van der Waals surface area contributed by atoms with Crippen LogP contribution < -0.4 is 4.74 Å². The number of rotatable bonds is 6. The van der Waals surface area contributed by atoms with E-state index in [4.69, 9.17) is 9.47 Å². The SMILES string of the molecule is COC(=O)C1C=CC=CC1(C)C/C=C(\CO)c1cccc(OC)c1. The molecule has 1 aliphatic carbocycles. The van der Waals surface area contributed by atoms with Gasteiger partial charge in [0.15, 0.2) is 0 Å². The molecule has 0 heterocycles. The molecule has 0 fully saturated rings. The van der Waals surface area contributed by atoms with E-state index >= 15 is 0 Å². The molecule has 0 aliphatic heterocycles. The van der Waals surface area contributed by atoms with Crippen LogP contribution >= 0.6 is 0 Å². The fourth-order valence-electron chi connectivity index (χ4n) is 2.88. The van der Waals surface area contributed by atoms with Crippen LogP contribution in [0.25, 0.3) is 5.57 Å². The van der Waals surface area contributed by atoms with Gasteiger partial charge in [0, 0.05) is 5.41 Å². The quantitative estimate of drug-likeness (QED) is 0.813. The van der Waals surface area contributed by atoms with Gasteiger partial charge in [-0.1, -0.05) is 49.4 Å². The van der Waals surface area contributed by atoms with Crippen LogP contribution in [0.4, 0.5) is 0 Å². The Morgan fingerprint density at radius 3 is 2.79 bits per heavy atom. The third kappa shape index (κ3) is 3.95. The summed E-state index contributed by atoms with van der Waals surface area (Å²) in [5, 5.41) is 9.75. The highest BCUT2D eigenvalue weighted by atomic mass is 16.5. The van der Waals surface area contributed by atoms with E-state index in [1.807, 2.05) is 61.6 Å². The molecule has 0 aromatic heterocycles. The molecule has 2 rings (SSSR count). The summed E-state index contributed by atoms with van der Waals surface area (Å²) in [6.07, 6.45) is 10.3. The molecule has 0 saturated heterocycles. The van der Waals surface area contributed by atoms with Crippen molar-refractivity contribution in [2.24, 2.45) is 11.3 Å². The molecule has 0 radical (unpaired) electrons. The number of carbonyl (C=O) groups excluding carboxylic acids is 1. The van der Waals surface area contributed by atoms with Gasteiger partial charge in [-0.3, -0.25) is 4.79 Å². The van der Waals surface area contributed by atoms with E-state index < -0.39 is 0 Å². The first kappa shape index (κ1) is 18.0. The maximum atomic E-state index is 12.1. The van der Waals surface area contributed by atoms with Crippen molar-refractivity contribution in [2.75, 3.05) is 20.8 Å². The minimum Gasteiger partial charge on any atom is -0.497 e. The van der Waals surface area contributed by atoms with E-state index in [9.17, 15) is 9.90 Å². The molecule has 0 saturated carbocycles. The van der Waals surface area contributed by atoms with Crippen LogP contribution in [-0.2, 0) is 9.53 Å². The minimum atomic E-state index is -0.388. The zero-order valence-corrected chi connectivity index (χ0v) is 14.4. The predicted molar refractivity (Wildman–Crippen MR) is 94.6 cm³/mol. The predicted octanol–water partition coefficient (Wildman–Crippen LogP) is 3.38. The Hall–Kier alpha value is -2.33. The fraction of sp³-hybridized carbons (Fsp3) is 0.350. The normalized spacial score (nSPS) is 23.2. The van der Waals surface area contributed by atoms with Gasteiger partial charge in [-0.15, -0.1) is 0 Å². The zero-order chi connectivity index (χ0) is 17.6. The average molecular weight is 328 g/mol. The van der Waals surface area contributed by atoms with Crippen molar-refractivity contribution < 1.29 is 19.4 Å². The molecular formula is C20H24O4. The van der Waals surface area contributed by atoms with Crippen LogP contribution in [0, 0.1) is 11.3 Å². The van der Waals surface area contributed by atoms with E-state index in [-0.39, 0.29) is 23.9 Å². The number of hydrogen-bond donors (Lipinski definition) is 1. The van der Waals surface area contributed by atoms with E-state index in [2.05, 4.69) is 0 Å². The average Bonchev–Trinajstić information content (AvgIpc) is 2.62. The lowest BCUT2D eigenvalue weighted by atomic mass is 9.71. The molecule has 1 aromatic carbocycles. The highest BCUT2D eigenvalue weighted by molar-refractivity contribution is 5.76. The van der Waals surface area contributed by atoms with E-state index in [1.165, 1.54) is 7.11 Å².